The van der Waals surface area contributed by atoms with Crippen LogP contribution in [0.4, 0.5) is 0 Å². The van der Waals surface area contributed by atoms with Crippen LogP contribution in [0.1, 0.15) is 0 Å². The van der Waals surface area contributed by atoms with E-state index in [9.17, 15) is 4.57 Å². The lowest BCUT2D eigenvalue weighted by Crippen LogP contribution is -2.20. The third-order valence-electron chi connectivity index (χ3n) is 0.752. The average Bonchev–Trinajstić information content (AvgIpc) is 1.81. The van der Waals surface area contributed by atoms with Gasteiger partial charge in [0.1, 0.15) is 6.10 Å². The zero-order chi connectivity index (χ0) is 8.20. The standard InChI is InChI=1S/C4H11O5P/c1-10(7,8)9-4(2-5)3-6/h4-6H,2-3H2,1H3,(H,7,8). The van der Waals surface area contributed by atoms with Crippen LogP contribution in [-0.4, -0.2) is 41.1 Å². The summed E-state index contributed by atoms with van der Waals surface area (Å²) in [4.78, 5) is 8.56. The Labute approximate surface area is 58.8 Å². The summed E-state index contributed by atoms with van der Waals surface area (Å²) in [5.74, 6) is 0. The molecule has 0 rings (SSSR count). The van der Waals surface area contributed by atoms with E-state index < -0.39 is 26.9 Å². The third kappa shape index (κ3) is 4.90. The van der Waals surface area contributed by atoms with Crippen LogP contribution in [0.25, 0.3) is 0 Å². The summed E-state index contributed by atoms with van der Waals surface area (Å²) in [7, 11) is -3.57. The molecule has 0 heterocycles. The number of hydrogen-bond acceptors (Lipinski definition) is 4. The maximum Gasteiger partial charge on any atom is 0.325 e. The topological polar surface area (TPSA) is 87.0 Å². The van der Waals surface area contributed by atoms with Crippen LogP contribution in [-0.2, 0) is 9.09 Å². The molecule has 6 heteroatoms. The van der Waals surface area contributed by atoms with Gasteiger partial charge in [-0.05, 0) is 0 Å². The molecule has 1 unspecified atom stereocenters. The van der Waals surface area contributed by atoms with Crippen LogP contribution in [0.15, 0.2) is 0 Å². The Morgan fingerprint density at radius 3 is 2.00 bits per heavy atom. The Morgan fingerprint density at radius 2 is 1.90 bits per heavy atom. The van der Waals surface area contributed by atoms with E-state index in [2.05, 4.69) is 4.52 Å². The first-order chi connectivity index (χ1) is 4.49. The number of aliphatic hydroxyl groups is 2. The average molecular weight is 170 g/mol. The minimum absolute atomic E-state index is 0.463. The predicted molar refractivity (Wildman–Crippen MR) is 34.8 cm³/mol. The van der Waals surface area contributed by atoms with E-state index in [4.69, 9.17) is 15.1 Å². The second-order valence-electron chi connectivity index (χ2n) is 1.90. The van der Waals surface area contributed by atoms with Crippen molar-refractivity contribution in [3.8, 4) is 0 Å². The molecule has 0 radical (unpaired) electrons. The molecule has 10 heavy (non-hydrogen) atoms. The van der Waals surface area contributed by atoms with Gasteiger partial charge in [0.15, 0.2) is 0 Å². The van der Waals surface area contributed by atoms with Gasteiger partial charge in [-0.25, -0.2) is 0 Å². The zero-order valence-electron chi connectivity index (χ0n) is 5.60. The normalized spacial score (nSPS) is 17.3. The Balaban J connectivity index is 3.75. The Bertz CT molecular complexity index is 126. The zero-order valence-corrected chi connectivity index (χ0v) is 6.49. The largest absolute Gasteiger partial charge is 0.394 e. The van der Waals surface area contributed by atoms with Crippen LogP contribution in [0, 0.1) is 0 Å². The lowest BCUT2D eigenvalue weighted by atomic mass is 10.4. The molecule has 3 N–H and O–H groups in total. The third-order valence-corrected chi connectivity index (χ3v) is 1.44. The monoisotopic (exact) mass is 170 g/mol. The van der Waals surface area contributed by atoms with Crippen molar-refractivity contribution in [1.82, 2.24) is 0 Å². The highest BCUT2D eigenvalue weighted by Crippen LogP contribution is 2.37. The number of hydrogen-bond donors (Lipinski definition) is 3. The molecular formula is C4H11O5P. The van der Waals surface area contributed by atoms with Gasteiger partial charge in [-0.2, -0.15) is 0 Å². The highest BCUT2D eigenvalue weighted by molar-refractivity contribution is 7.51. The molecule has 0 spiro atoms. The fourth-order valence-electron chi connectivity index (χ4n) is 0.401. The van der Waals surface area contributed by atoms with Crippen molar-refractivity contribution >= 4 is 7.60 Å². The second-order valence-corrected chi connectivity index (χ2v) is 3.71. The molecule has 0 aliphatic rings. The lowest BCUT2D eigenvalue weighted by molar-refractivity contribution is 0.0555. The Kier molecular flexibility index (Phi) is 4.08. The summed E-state index contributed by atoms with van der Waals surface area (Å²) in [5.41, 5.74) is 0. The van der Waals surface area contributed by atoms with Gasteiger partial charge in [0, 0.05) is 6.66 Å². The molecule has 0 fully saturated rings. The van der Waals surface area contributed by atoms with E-state index in [-0.39, 0.29) is 0 Å². The molecule has 0 bridgehead atoms. The van der Waals surface area contributed by atoms with Gasteiger partial charge in [0.2, 0.25) is 0 Å². The molecule has 0 aromatic rings. The first kappa shape index (κ1) is 10.1. The van der Waals surface area contributed by atoms with E-state index in [1.54, 1.807) is 0 Å². The van der Waals surface area contributed by atoms with Crippen LogP contribution in [0.2, 0.25) is 0 Å². The smallest absolute Gasteiger partial charge is 0.325 e. The van der Waals surface area contributed by atoms with Crippen molar-refractivity contribution in [2.45, 2.75) is 6.10 Å². The van der Waals surface area contributed by atoms with E-state index in [0.717, 1.165) is 6.66 Å². The van der Waals surface area contributed by atoms with Crippen LogP contribution >= 0.6 is 7.60 Å². The molecule has 0 aliphatic carbocycles. The fraction of sp³-hybridized carbons (Fsp3) is 1.00. The molecule has 0 aliphatic heterocycles. The van der Waals surface area contributed by atoms with Crippen LogP contribution in [0.5, 0.6) is 0 Å². The SMILES string of the molecule is CP(=O)(O)OC(CO)CO. The van der Waals surface area contributed by atoms with Crippen molar-refractivity contribution in [2.24, 2.45) is 0 Å². The summed E-state index contributed by atoms with van der Waals surface area (Å²) in [5, 5.41) is 16.7. The van der Waals surface area contributed by atoms with Gasteiger partial charge in [0.05, 0.1) is 13.2 Å². The quantitative estimate of drug-likeness (QED) is 0.479. The van der Waals surface area contributed by atoms with Crippen molar-refractivity contribution in [2.75, 3.05) is 19.9 Å². The van der Waals surface area contributed by atoms with E-state index in [1.807, 2.05) is 0 Å². The highest BCUT2D eigenvalue weighted by Gasteiger charge is 2.17. The molecule has 5 nitrogen and oxygen atoms in total. The van der Waals surface area contributed by atoms with Gasteiger partial charge >= 0.3 is 7.60 Å². The molecule has 0 saturated carbocycles. The van der Waals surface area contributed by atoms with Crippen molar-refractivity contribution in [3.05, 3.63) is 0 Å². The number of rotatable bonds is 4. The van der Waals surface area contributed by atoms with Crippen LogP contribution in [0.3, 0.4) is 0 Å². The molecule has 0 saturated heterocycles. The van der Waals surface area contributed by atoms with Crippen molar-refractivity contribution in [1.29, 1.82) is 0 Å². The molecule has 1 atom stereocenters. The van der Waals surface area contributed by atoms with Gasteiger partial charge < -0.3 is 19.6 Å². The van der Waals surface area contributed by atoms with E-state index >= 15 is 0 Å². The summed E-state index contributed by atoms with van der Waals surface area (Å²) >= 11 is 0. The first-order valence-corrected chi connectivity index (χ1v) is 4.72. The number of aliphatic hydroxyl groups excluding tert-OH is 2. The van der Waals surface area contributed by atoms with Gasteiger partial charge in [-0.1, -0.05) is 0 Å². The summed E-state index contributed by atoms with van der Waals surface area (Å²) in [6.45, 7) is 0.0646. The second kappa shape index (κ2) is 4.05. The maximum atomic E-state index is 10.5. The molecular weight excluding hydrogens is 159 g/mol. The summed E-state index contributed by atoms with van der Waals surface area (Å²) in [6.07, 6.45) is -0.958. The Morgan fingerprint density at radius 1 is 1.50 bits per heavy atom. The molecule has 62 valence electrons. The first-order valence-electron chi connectivity index (χ1n) is 2.70. The van der Waals surface area contributed by atoms with Gasteiger partial charge in [0.25, 0.3) is 0 Å². The molecule has 0 aromatic heterocycles. The minimum Gasteiger partial charge on any atom is -0.394 e. The van der Waals surface area contributed by atoms with Crippen molar-refractivity contribution < 1.29 is 24.2 Å². The van der Waals surface area contributed by atoms with Crippen molar-refractivity contribution in [3.63, 3.8) is 0 Å². The van der Waals surface area contributed by atoms with E-state index in [1.165, 1.54) is 0 Å². The van der Waals surface area contributed by atoms with Gasteiger partial charge in [-0.15, -0.1) is 0 Å². The predicted octanol–water partition coefficient (Wildman–Crippen LogP) is -0.829. The van der Waals surface area contributed by atoms with E-state index in [0.29, 0.717) is 0 Å². The Hall–Kier alpha value is 0.0700. The maximum absolute atomic E-state index is 10.5. The molecule has 0 aromatic carbocycles. The van der Waals surface area contributed by atoms with Gasteiger partial charge in [-0.3, -0.25) is 4.57 Å². The molecule has 0 amide bonds. The summed E-state index contributed by atoms with van der Waals surface area (Å²) < 4.78 is 14.8. The summed E-state index contributed by atoms with van der Waals surface area (Å²) in [6, 6.07) is 0. The fourth-order valence-corrected chi connectivity index (χ4v) is 1.09. The lowest BCUT2D eigenvalue weighted by Gasteiger charge is -2.13. The highest BCUT2D eigenvalue weighted by atomic mass is 31.2. The van der Waals surface area contributed by atoms with Crippen LogP contribution < -0.4 is 0 Å². The minimum atomic E-state index is -3.57.